The van der Waals surface area contributed by atoms with E-state index in [-0.39, 0.29) is 22.2 Å². The Bertz CT molecular complexity index is 1620. The minimum atomic E-state index is -4.61. The summed E-state index contributed by atoms with van der Waals surface area (Å²) in [5, 5.41) is 12.0. The molecule has 4 aromatic rings. The number of hydrogen-bond donors (Lipinski definition) is 2. The van der Waals surface area contributed by atoms with E-state index in [9.17, 15) is 27.9 Å². The number of aromatic nitrogens is 2. The van der Waals surface area contributed by atoms with Gasteiger partial charge in [-0.25, -0.2) is 4.98 Å². The molecule has 1 amide bonds. The maximum absolute atomic E-state index is 12.9. The average molecular weight is 534 g/mol. The average Bonchev–Trinajstić information content (AvgIpc) is 2.89. The summed E-state index contributed by atoms with van der Waals surface area (Å²) in [6.45, 7) is 2.22. The Morgan fingerprint density at radius 2 is 1.82 bits per heavy atom. The van der Waals surface area contributed by atoms with E-state index in [0.717, 1.165) is 42.4 Å². The number of rotatable bonds is 7. The normalized spacial score (nSPS) is 14.5. The molecule has 1 aliphatic rings. The number of carbonyl (C=O) groups is 1. The first kappa shape index (κ1) is 26.2. The van der Waals surface area contributed by atoms with Crippen LogP contribution in [0.15, 0.2) is 90.2 Å². The first-order chi connectivity index (χ1) is 18.6. The van der Waals surface area contributed by atoms with E-state index in [4.69, 9.17) is 0 Å². The smallest absolute Gasteiger partial charge is 0.405 e. The third kappa shape index (κ3) is 5.30. The Hall–Kier alpha value is -4.40. The van der Waals surface area contributed by atoms with Gasteiger partial charge in [0.25, 0.3) is 5.91 Å². The number of allylic oxidation sites excluding steroid dienone is 1. The Balaban J connectivity index is 1.50. The first-order valence-corrected chi connectivity index (χ1v) is 12.5. The van der Waals surface area contributed by atoms with Crippen LogP contribution in [0.2, 0.25) is 0 Å². The van der Waals surface area contributed by atoms with Crippen molar-refractivity contribution in [1.82, 2.24) is 14.9 Å². The highest BCUT2D eigenvalue weighted by Crippen LogP contribution is 2.48. The van der Waals surface area contributed by atoms with Crippen LogP contribution < -0.4 is 10.7 Å². The second-order valence-electron chi connectivity index (χ2n) is 9.92. The first-order valence-electron chi connectivity index (χ1n) is 12.5. The molecule has 9 heteroatoms. The minimum Gasteiger partial charge on any atom is -0.512 e. The van der Waals surface area contributed by atoms with E-state index in [1.807, 2.05) is 42.5 Å². The van der Waals surface area contributed by atoms with Gasteiger partial charge in [-0.3, -0.25) is 9.59 Å². The fraction of sp³-hybridized carbons (Fsp3) is 0.233. The summed E-state index contributed by atoms with van der Waals surface area (Å²) in [6.07, 6.45) is 1.75. The van der Waals surface area contributed by atoms with E-state index in [1.165, 1.54) is 29.1 Å². The summed E-state index contributed by atoms with van der Waals surface area (Å²) < 4.78 is 39.6. The molecule has 2 N–H and O–H groups in total. The molecule has 1 saturated carbocycles. The molecule has 0 aliphatic heterocycles. The molecule has 0 unspecified atom stereocenters. The second kappa shape index (κ2) is 10.1. The molecule has 39 heavy (non-hydrogen) atoms. The number of fused-ring (bicyclic) bond motifs is 1. The molecule has 6 nitrogen and oxygen atoms in total. The number of nitrogens with zero attached hydrogens (tertiary/aromatic N) is 2. The number of pyridine rings is 2. The largest absolute Gasteiger partial charge is 0.512 e. The molecule has 0 bridgehead atoms. The summed E-state index contributed by atoms with van der Waals surface area (Å²) in [6, 6.07) is 18.4. The summed E-state index contributed by atoms with van der Waals surface area (Å²) >= 11 is 0. The molecule has 2 aromatic heterocycles. The maximum Gasteiger partial charge on any atom is 0.405 e. The van der Waals surface area contributed by atoms with Crippen molar-refractivity contribution in [3.8, 4) is 16.8 Å². The van der Waals surface area contributed by atoms with Crippen molar-refractivity contribution in [2.24, 2.45) is 5.41 Å². The third-order valence-electron chi connectivity index (χ3n) is 7.33. The number of aliphatic hydroxyl groups is 1. The van der Waals surface area contributed by atoms with Crippen LogP contribution in [-0.4, -0.2) is 33.3 Å². The Morgan fingerprint density at radius 3 is 2.46 bits per heavy atom. The zero-order valence-corrected chi connectivity index (χ0v) is 21.0. The highest BCUT2D eigenvalue weighted by atomic mass is 19.4. The molecular formula is C30H26F3N3O3. The van der Waals surface area contributed by atoms with Crippen LogP contribution in [0.1, 0.15) is 35.2 Å². The van der Waals surface area contributed by atoms with Gasteiger partial charge in [0, 0.05) is 23.5 Å². The molecule has 1 aliphatic carbocycles. The lowest BCUT2D eigenvalue weighted by molar-refractivity contribution is -0.123. The van der Waals surface area contributed by atoms with Crippen LogP contribution in [-0.2, 0) is 6.42 Å². The van der Waals surface area contributed by atoms with Gasteiger partial charge >= 0.3 is 6.18 Å². The molecule has 2 heterocycles. The van der Waals surface area contributed by atoms with Crippen molar-refractivity contribution >= 4 is 16.9 Å². The Morgan fingerprint density at radius 1 is 1.08 bits per heavy atom. The van der Waals surface area contributed by atoms with Crippen LogP contribution >= 0.6 is 0 Å². The highest BCUT2D eigenvalue weighted by Gasteiger charge is 2.40. The van der Waals surface area contributed by atoms with Crippen molar-refractivity contribution < 1.29 is 23.1 Å². The standard InChI is InChI=1S/C30H26F3N3O3/c1-19(37)29(12-4-13-29)16-20-8-10-21(11-9-20)22-5-2-6-23(15-22)36-17-25(28(39)35-18-30(31,32)33)26(38)24-7-3-14-34-27(24)36/h2-3,5-11,14-15,17,37H,1,4,12-13,16,18H2,(H,35,39). The topological polar surface area (TPSA) is 84.2 Å². The molecule has 2 aromatic carbocycles. The monoisotopic (exact) mass is 533 g/mol. The zero-order valence-electron chi connectivity index (χ0n) is 21.0. The summed E-state index contributed by atoms with van der Waals surface area (Å²) in [5.41, 5.74) is 2.37. The van der Waals surface area contributed by atoms with Crippen molar-refractivity contribution in [1.29, 1.82) is 0 Å². The van der Waals surface area contributed by atoms with E-state index in [0.29, 0.717) is 5.69 Å². The molecule has 5 rings (SSSR count). The lowest BCUT2D eigenvalue weighted by Gasteiger charge is -2.41. The summed E-state index contributed by atoms with van der Waals surface area (Å²) in [4.78, 5) is 29.8. The number of alkyl halides is 3. The predicted molar refractivity (Wildman–Crippen MR) is 143 cm³/mol. The van der Waals surface area contributed by atoms with Gasteiger partial charge in [0.05, 0.1) is 11.1 Å². The molecule has 0 radical (unpaired) electrons. The highest BCUT2D eigenvalue weighted by molar-refractivity contribution is 5.97. The number of carbonyl (C=O) groups excluding carboxylic acids is 1. The molecule has 0 atom stereocenters. The number of halogens is 3. The van der Waals surface area contributed by atoms with Gasteiger partial charge in [0.15, 0.2) is 0 Å². The van der Waals surface area contributed by atoms with E-state index in [1.54, 1.807) is 11.4 Å². The van der Waals surface area contributed by atoms with Crippen molar-refractivity contribution in [3.05, 3.63) is 107 Å². The number of nitrogens with one attached hydrogen (secondary N) is 1. The van der Waals surface area contributed by atoms with Gasteiger partial charge < -0.3 is 15.0 Å². The second-order valence-corrected chi connectivity index (χ2v) is 9.92. The third-order valence-corrected chi connectivity index (χ3v) is 7.33. The predicted octanol–water partition coefficient (Wildman–Crippen LogP) is 6.13. The number of hydrogen-bond acceptors (Lipinski definition) is 4. The van der Waals surface area contributed by atoms with Crippen LogP contribution in [0.5, 0.6) is 0 Å². The molecule has 0 spiro atoms. The van der Waals surface area contributed by atoms with Gasteiger partial charge in [0.2, 0.25) is 5.43 Å². The molecule has 0 saturated heterocycles. The quantitative estimate of drug-likeness (QED) is 0.280. The van der Waals surface area contributed by atoms with E-state index < -0.39 is 29.6 Å². The number of aliphatic hydroxyl groups excluding tert-OH is 1. The minimum absolute atomic E-state index is 0.113. The number of amides is 1. The van der Waals surface area contributed by atoms with Crippen LogP contribution in [0.25, 0.3) is 27.8 Å². The van der Waals surface area contributed by atoms with Crippen molar-refractivity contribution in [3.63, 3.8) is 0 Å². The SMILES string of the molecule is C=C(O)C1(Cc2ccc(-c3cccc(-n4cc(C(=O)NCC(F)(F)F)c(=O)c5cccnc54)c3)cc2)CCC1. The fourth-order valence-electron chi connectivity index (χ4n) is 5.01. The Labute approximate surface area is 222 Å². The van der Waals surface area contributed by atoms with Crippen LogP contribution in [0.3, 0.4) is 0 Å². The van der Waals surface area contributed by atoms with Gasteiger partial charge in [-0.2, -0.15) is 13.2 Å². The zero-order chi connectivity index (χ0) is 27.8. The van der Waals surface area contributed by atoms with Crippen molar-refractivity contribution in [2.75, 3.05) is 6.54 Å². The molecule has 1 fully saturated rings. The number of benzene rings is 2. The van der Waals surface area contributed by atoms with Gasteiger partial charge in [-0.05, 0) is 60.2 Å². The van der Waals surface area contributed by atoms with Crippen molar-refractivity contribution in [2.45, 2.75) is 31.9 Å². The van der Waals surface area contributed by atoms with Gasteiger partial charge in [-0.1, -0.05) is 49.4 Å². The van der Waals surface area contributed by atoms with Crippen LogP contribution in [0, 0.1) is 5.41 Å². The summed E-state index contributed by atoms with van der Waals surface area (Å²) in [7, 11) is 0. The lowest BCUT2D eigenvalue weighted by Crippen LogP contribution is -2.36. The Kier molecular flexibility index (Phi) is 6.76. The lowest BCUT2D eigenvalue weighted by atomic mass is 9.64. The summed E-state index contributed by atoms with van der Waals surface area (Å²) in [5.74, 6) is -0.877. The van der Waals surface area contributed by atoms with Gasteiger partial charge in [-0.15, -0.1) is 0 Å². The van der Waals surface area contributed by atoms with Crippen LogP contribution in [0.4, 0.5) is 13.2 Å². The fourth-order valence-corrected chi connectivity index (χ4v) is 5.01. The van der Waals surface area contributed by atoms with E-state index >= 15 is 0 Å². The maximum atomic E-state index is 12.9. The molecular weight excluding hydrogens is 507 g/mol. The molecule has 200 valence electrons. The van der Waals surface area contributed by atoms with Gasteiger partial charge in [0.1, 0.15) is 17.8 Å². The van der Waals surface area contributed by atoms with E-state index in [2.05, 4.69) is 11.6 Å².